The second-order valence-electron chi connectivity index (χ2n) is 3.94. The van der Waals surface area contributed by atoms with Gasteiger partial charge in [-0.2, -0.15) is 0 Å². The van der Waals surface area contributed by atoms with Crippen molar-refractivity contribution >= 4 is 35.0 Å². The van der Waals surface area contributed by atoms with Crippen molar-refractivity contribution in [2.24, 2.45) is 10.9 Å². The lowest BCUT2D eigenvalue weighted by molar-refractivity contribution is 0.0501. The van der Waals surface area contributed by atoms with Gasteiger partial charge in [-0.1, -0.05) is 28.4 Å². The van der Waals surface area contributed by atoms with Crippen LogP contribution >= 0.6 is 23.2 Å². The van der Waals surface area contributed by atoms with Gasteiger partial charge in [0.2, 0.25) is 0 Å². The highest BCUT2D eigenvalue weighted by Gasteiger charge is 2.21. The lowest BCUT2D eigenvalue weighted by atomic mass is 10.2. The fourth-order valence-electron chi connectivity index (χ4n) is 1.41. The number of rotatable bonds is 8. The van der Waals surface area contributed by atoms with E-state index >= 15 is 0 Å². The fourth-order valence-corrected chi connectivity index (χ4v) is 1.87. The summed E-state index contributed by atoms with van der Waals surface area (Å²) >= 11 is 11.9. The summed E-state index contributed by atoms with van der Waals surface area (Å²) in [4.78, 5) is 16.7. The van der Waals surface area contributed by atoms with E-state index in [4.69, 9.17) is 48.0 Å². The average molecular weight is 351 g/mol. The standard InChI is InChI=1S/C13H16Cl2N2O5/c1-19-5-6-21-7-10(16)17-22-13(18)11-8(14)3-4-9(15)12(11)20-2/h3-4H,5-7H2,1-2H3,(H2,16,17). The highest BCUT2D eigenvalue weighted by atomic mass is 35.5. The molecule has 0 aromatic heterocycles. The first-order valence-electron chi connectivity index (χ1n) is 6.13. The van der Waals surface area contributed by atoms with Gasteiger partial charge in [-0.3, -0.25) is 0 Å². The fraction of sp³-hybridized carbons (Fsp3) is 0.385. The Balaban J connectivity index is 2.71. The third-order valence-corrected chi connectivity index (χ3v) is 3.01. The van der Waals surface area contributed by atoms with Gasteiger partial charge in [-0.05, 0) is 12.1 Å². The molecule has 0 bridgehead atoms. The van der Waals surface area contributed by atoms with Crippen LogP contribution in [0.15, 0.2) is 17.3 Å². The summed E-state index contributed by atoms with van der Waals surface area (Å²) in [5.74, 6) is -0.755. The topological polar surface area (TPSA) is 92.4 Å². The molecule has 1 aromatic carbocycles. The summed E-state index contributed by atoms with van der Waals surface area (Å²) < 4.78 is 15.0. The number of ether oxygens (including phenoxy) is 3. The molecule has 0 fully saturated rings. The van der Waals surface area contributed by atoms with Crippen LogP contribution in [0.5, 0.6) is 5.75 Å². The van der Waals surface area contributed by atoms with Crippen molar-refractivity contribution in [2.45, 2.75) is 0 Å². The van der Waals surface area contributed by atoms with Crippen LogP contribution in [0.4, 0.5) is 0 Å². The van der Waals surface area contributed by atoms with Gasteiger partial charge in [-0.25, -0.2) is 4.79 Å². The van der Waals surface area contributed by atoms with E-state index in [9.17, 15) is 4.79 Å². The first-order valence-corrected chi connectivity index (χ1v) is 6.89. The Hall–Kier alpha value is -1.54. The molecule has 2 N–H and O–H groups in total. The van der Waals surface area contributed by atoms with E-state index in [0.29, 0.717) is 13.2 Å². The van der Waals surface area contributed by atoms with E-state index in [1.165, 1.54) is 19.2 Å². The van der Waals surface area contributed by atoms with E-state index in [1.54, 1.807) is 7.11 Å². The number of carbonyl (C=O) groups excluding carboxylic acids is 1. The number of halogens is 2. The molecule has 9 heteroatoms. The summed E-state index contributed by atoms with van der Waals surface area (Å²) in [7, 11) is 2.90. The molecular weight excluding hydrogens is 335 g/mol. The van der Waals surface area contributed by atoms with E-state index in [0.717, 1.165) is 0 Å². The monoisotopic (exact) mass is 350 g/mol. The summed E-state index contributed by atoms with van der Waals surface area (Å²) in [6.45, 7) is 0.758. The van der Waals surface area contributed by atoms with Gasteiger partial charge < -0.3 is 24.8 Å². The number of hydrogen-bond acceptors (Lipinski definition) is 6. The highest BCUT2D eigenvalue weighted by molar-refractivity contribution is 6.37. The molecule has 0 aliphatic carbocycles. The van der Waals surface area contributed by atoms with Crippen LogP contribution in [0.1, 0.15) is 10.4 Å². The van der Waals surface area contributed by atoms with Gasteiger partial charge in [-0.15, -0.1) is 0 Å². The summed E-state index contributed by atoms with van der Waals surface area (Å²) in [6.07, 6.45) is 0. The molecule has 0 radical (unpaired) electrons. The second kappa shape index (κ2) is 9.47. The van der Waals surface area contributed by atoms with Crippen molar-refractivity contribution in [1.82, 2.24) is 0 Å². The number of nitrogens with zero attached hydrogens (tertiary/aromatic N) is 1. The van der Waals surface area contributed by atoms with Gasteiger partial charge in [0.15, 0.2) is 11.6 Å². The quantitative estimate of drug-likeness (QED) is 0.254. The lowest BCUT2D eigenvalue weighted by Crippen LogP contribution is -2.21. The number of carbonyl (C=O) groups is 1. The summed E-state index contributed by atoms with van der Waals surface area (Å²) in [5, 5.41) is 3.81. The largest absolute Gasteiger partial charge is 0.494 e. The Bertz CT molecular complexity index is 551. The van der Waals surface area contributed by atoms with Crippen molar-refractivity contribution in [1.29, 1.82) is 0 Å². The Morgan fingerprint density at radius 1 is 1.23 bits per heavy atom. The van der Waals surface area contributed by atoms with Crippen molar-refractivity contribution < 1.29 is 23.8 Å². The third-order valence-electron chi connectivity index (χ3n) is 2.39. The molecule has 0 heterocycles. The van der Waals surface area contributed by atoms with E-state index < -0.39 is 5.97 Å². The maximum Gasteiger partial charge on any atom is 0.371 e. The summed E-state index contributed by atoms with van der Waals surface area (Å²) in [6, 6.07) is 2.95. The molecule has 0 saturated heterocycles. The predicted octanol–water partition coefficient (Wildman–Crippen LogP) is 2.09. The Kier molecular flexibility index (Phi) is 7.97. The first kappa shape index (κ1) is 18.5. The van der Waals surface area contributed by atoms with Crippen LogP contribution < -0.4 is 10.5 Å². The van der Waals surface area contributed by atoms with Gasteiger partial charge >= 0.3 is 5.97 Å². The molecule has 0 unspecified atom stereocenters. The zero-order valence-corrected chi connectivity index (χ0v) is 13.6. The zero-order valence-electron chi connectivity index (χ0n) is 12.1. The van der Waals surface area contributed by atoms with Crippen molar-refractivity contribution in [3.63, 3.8) is 0 Å². The smallest absolute Gasteiger partial charge is 0.371 e. The molecule has 0 atom stereocenters. The minimum Gasteiger partial charge on any atom is -0.494 e. The molecule has 0 spiro atoms. The Morgan fingerprint density at radius 2 is 1.91 bits per heavy atom. The van der Waals surface area contributed by atoms with Gasteiger partial charge in [0.1, 0.15) is 12.2 Å². The molecular formula is C13H16Cl2N2O5. The third kappa shape index (κ3) is 5.34. The number of benzene rings is 1. The lowest BCUT2D eigenvalue weighted by Gasteiger charge is -2.09. The number of hydrogen-bond donors (Lipinski definition) is 1. The molecule has 0 aliphatic heterocycles. The average Bonchev–Trinajstić information content (AvgIpc) is 2.51. The molecule has 0 amide bonds. The molecule has 1 rings (SSSR count). The van der Waals surface area contributed by atoms with Gasteiger partial charge in [0.05, 0.1) is 30.4 Å². The zero-order chi connectivity index (χ0) is 16.5. The number of oxime groups is 1. The predicted molar refractivity (Wildman–Crippen MR) is 82.7 cm³/mol. The SMILES string of the molecule is COCCOC/C(N)=N/OC(=O)c1c(Cl)ccc(Cl)c1OC. The maximum atomic E-state index is 12.0. The van der Waals surface area contributed by atoms with Crippen LogP contribution in [0.2, 0.25) is 10.0 Å². The van der Waals surface area contributed by atoms with Crippen molar-refractivity contribution in [2.75, 3.05) is 34.0 Å². The minimum atomic E-state index is -0.843. The van der Waals surface area contributed by atoms with E-state index in [1.807, 2.05) is 0 Å². The Morgan fingerprint density at radius 3 is 2.55 bits per heavy atom. The molecule has 7 nitrogen and oxygen atoms in total. The van der Waals surface area contributed by atoms with Gasteiger partial charge in [0, 0.05) is 7.11 Å². The van der Waals surface area contributed by atoms with Crippen LogP contribution in [0, 0.1) is 0 Å². The molecule has 1 aromatic rings. The highest BCUT2D eigenvalue weighted by Crippen LogP contribution is 2.34. The maximum absolute atomic E-state index is 12.0. The Labute approximate surface area is 137 Å². The second-order valence-corrected chi connectivity index (χ2v) is 4.76. The van der Waals surface area contributed by atoms with Crippen LogP contribution in [-0.4, -0.2) is 45.8 Å². The van der Waals surface area contributed by atoms with E-state index in [2.05, 4.69) is 5.16 Å². The van der Waals surface area contributed by atoms with Crippen LogP contribution in [-0.2, 0) is 14.3 Å². The van der Waals surface area contributed by atoms with Crippen molar-refractivity contribution in [3.05, 3.63) is 27.7 Å². The van der Waals surface area contributed by atoms with Crippen molar-refractivity contribution in [3.8, 4) is 5.75 Å². The first-order chi connectivity index (χ1) is 10.5. The minimum absolute atomic E-state index is 0.00292. The van der Waals surface area contributed by atoms with E-state index in [-0.39, 0.29) is 33.8 Å². The molecule has 122 valence electrons. The number of amidine groups is 1. The van der Waals surface area contributed by atoms with Gasteiger partial charge in [0.25, 0.3) is 0 Å². The molecule has 0 aliphatic rings. The summed E-state index contributed by atoms with van der Waals surface area (Å²) in [5.41, 5.74) is 5.50. The normalized spacial score (nSPS) is 11.4. The molecule has 0 saturated carbocycles. The number of methoxy groups -OCH3 is 2. The van der Waals surface area contributed by atoms with Crippen LogP contribution in [0.25, 0.3) is 0 Å². The number of nitrogens with two attached hydrogens (primary N) is 1. The molecule has 22 heavy (non-hydrogen) atoms. The van der Waals surface area contributed by atoms with Crippen LogP contribution in [0.3, 0.4) is 0 Å².